The zero-order valence-corrected chi connectivity index (χ0v) is 10.3. The van der Waals surface area contributed by atoms with E-state index >= 15 is 0 Å². The van der Waals surface area contributed by atoms with Gasteiger partial charge in [0.25, 0.3) is 0 Å². The van der Waals surface area contributed by atoms with Crippen molar-refractivity contribution < 1.29 is 42.6 Å². The zero-order valence-electron chi connectivity index (χ0n) is 6.32. The van der Waals surface area contributed by atoms with Gasteiger partial charge in [-0.2, -0.15) is 0 Å². The maximum atomic E-state index is 5.34. The van der Waals surface area contributed by atoms with Crippen LogP contribution in [0.15, 0.2) is 30.3 Å². The van der Waals surface area contributed by atoms with Crippen molar-refractivity contribution in [1.29, 1.82) is 0 Å². The second-order valence-electron chi connectivity index (χ2n) is 2.25. The summed E-state index contributed by atoms with van der Waals surface area (Å²) < 4.78 is 5.34. The van der Waals surface area contributed by atoms with Crippen LogP contribution in [0.2, 0.25) is 0 Å². The Morgan fingerprint density at radius 2 is 1.85 bits per heavy atom. The molecule has 0 spiro atoms. The van der Waals surface area contributed by atoms with Crippen LogP contribution in [0, 0.1) is 0 Å². The summed E-state index contributed by atoms with van der Waals surface area (Å²) in [6.45, 7) is 0.705. The van der Waals surface area contributed by atoms with Gasteiger partial charge < -0.3 is 4.74 Å². The Morgan fingerprint density at radius 3 is 2.54 bits per heavy atom. The summed E-state index contributed by atoms with van der Waals surface area (Å²) in [6, 6.07) is 8.03. The maximum absolute atomic E-state index is 5.34. The summed E-state index contributed by atoms with van der Waals surface area (Å²) in [5.74, 6) is 0.991. The van der Waals surface area contributed by atoms with E-state index in [0.29, 0.717) is 6.61 Å². The SMILES string of the molecule is C1=Cc2ccccc2OC1.[Co].[SiH4].[W]. The van der Waals surface area contributed by atoms with E-state index in [4.69, 9.17) is 4.74 Å². The van der Waals surface area contributed by atoms with Crippen LogP contribution in [0.1, 0.15) is 5.56 Å². The standard InChI is InChI=1S/C9H8O.Co.H4Si.W/c1-2-6-9-8(4-1)5-3-7-10-9;;;/h1-6H,7H2;;1H4;. The second-order valence-corrected chi connectivity index (χ2v) is 2.25. The van der Waals surface area contributed by atoms with Crippen molar-refractivity contribution in [3.05, 3.63) is 35.9 Å². The Balaban J connectivity index is 0. The summed E-state index contributed by atoms with van der Waals surface area (Å²) >= 11 is 0. The normalized spacial score (nSPS) is 10.8. The van der Waals surface area contributed by atoms with Crippen molar-refractivity contribution in [1.82, 2.24) is 0 Å². The van der Waals surface area contributed by atoms with Crippen LogP contribution < -0.4 is 4.74 Å². The van der Waals surface area contributed by atoms with Crippen LogP contribution in [-0.2, 0) is 37.8 Å². The fourth-order valence-corrected chi connectivity index (χ4v) is 1.06. The molecule has 0 aliphatic carbocycles. The molecule has 1 aromatic rings. The molecule has 1 nitrogen and oxygen atoms in total. The Hall–Kier alpha value is 0.172. The van der Waals surface area contributed by atoms with Gasteiger partial charge in [-0.3, -0.25) is 0 Å². The molecule has 0 aromatic heterocycles. The van der Waals surface area contributed by atoms with Crippen molar-refractivity contribution in [2.75, 3.05) is 6.61 Å². The third kappa shape index (κ3) is 3.81. The minimum Gasteiger partial charge on any atom is -0.489 e. The zero-order chi connectivity index (χ0) is 6.81. The smallest absolute Gasteiger partial charge is 0.126 e. The molecule has 1 heterocycles. The predicted octanol–water partition coefficient (Wildman–Crippen LogP) is 0.636. The van der Waals surface area contributed by atoms with Crippen LogP contribution >= 0.6 is 0 Å². The van der Waals surface area contributed by atoms with Gasteiger partial charge in [0.2, 0.25) is 0 Å². The molecule has 0 saturated carbocycles. The van der Waals surface area contributed by atoms with Crippen LogP contribution in [-0.4, -0.2) is 17.6 Å². The number of ether oxygens (including phenoxy) is 1. The Kier molecular flexibility index (Phi) is 9.10. The molecule has 0 fully saturated rings. The molecular formula is C9H12CoOSiW. The van der Waals surface area contributed by atoms with Crippen molar-refractivity contribution in [3.8, 4) is 5.75 Å². The summed E-state index contributed by atoms with van der Waals surface area (Å²) in [5, 5.41) is 0. The molecule has 13 heavy (non-hydrogen) atoms. The van der Waals surface area contributed by atoms with Gasteiger partial charge in [-0.05, 0) is 23.1 Å². The van der Waals surface area contributed by atoms with Crippen molar-refractivity contribution in [2.45, 2.75) is 0 Å². The van der Waals surface area contributed by atoms with E-state index in [-0.39, 0.29) is 48.8 Å². The molecule has 0 unspecified atom stereocenters. The van der Waals surface area contributed by atoms with Gasteiger partial charge in [0.1, 0.15) is 12.4 Å². The van der Waals surface area contributed by atoms with E-state index < -0.39 is 0 Å². The molecule has 4 heteroatoms. The third-order valence-corrected chi connectivity index (χ3v) is 1.55. The molecule has 1 radical (unpaired) electrons. The first kappa shape index (κ1) is 15.6. The summed E-state index contributed by atoms with van der Waals surface area (Å²) in [7, 11) is 0. The second kappa shape index (κ2) is 7.56. The van der Waals surface area contributed by atoms with Gasteiger partial charge in [0.05, 0.1) is 0 Å². The topological polar surface area (TPSA) is 9.23 Å². The molecule has 0 saturated heterocycles. The molecule has 73 valence electrons. The van der Waals surface area contributed by atoms with Crippen molar-refractivity contribution >= 4 is 17.0 Å². The van der Waals surface area contributed by atoms with Gasteiger partial charge in [0.15, 0.2) is 0 Å². The predicted molar refractivity (Wildman–Crippen MR) is 52.3 cm³/mol. The average Bonchev–Trinajstić information content (AvgIpc) is 2.05. The van der Waals surface area contributed by atoms with Crippen LogP contribution in [0.4, 0.5) is 0 Å². The molecule has 1 aromatic carbocycles. The maximum Gasteiger partial charge on any atom is 0.126 e. The Labute approximate surface area is 107 Å². The number of hydrogen-bond donors (Lipinski definition) is 0. The van der Waals surface area contributed by atoms with Crippen molar-refractivity contribution in [3.63, 3.8) is 0 Å². The number of benzene rings is 1. The summed E-state index contributed by atoms with van der Waals surface area (Å²) in [4.78, 5) is 0. The number of hydrogen-bond acceptors (Lipinski definition) is 1. The Morgan fingerprint density at radius 1 is 1.15 bits per heavy atom. The molecule has 0 bridgehead atoms. The van der Waals surface area contributed by atoms with E-state index in [1.165, 1.54) is 5.56 Å². The molecule has 1 aliphatic heterocycles. The van der Waals surface area contributed by atoms with Crippen LogP contribution in [0.5, 0.6) is 5.75 Å². The number of fused-ring (bicyclic) bond motifs is 1. The number of rotatable bonds is 0. The minimum atomic E-state index is 0. The first-order valence-corrected chi connectivity index (χ1v) is 3.35. The van der Waals surface area contributed by atoms with Crippen molar-refractivity contribution in [2.24, 2.45) is 0 Å². The quantitative estimate of drug-likeness (QED) is 0.574. The first-order chi connectivity index (χ1) is 4.97. The largest absolute Gasteiger partial charge is 0.489 e. The van der Waals surface area contributed by atoms with Crippen LogP contribution in [0.3, 0.4) is 0 Å². The van der Waals surface area contributed by atoms with E-state index in [2.05, 4.69) is 6.08 Å². The van der Waals surface area contributed by atoms with Crippen LogP contribution in [0.25, 0.3) is 6.08 Å². The molecular weight excluding hydrogens is 395 g/mol. The number of para-hydroxylation sites is 1. The van der Waals surface area contributed by atoms with E-state index in [0.717, 1.165) is 5.75 Å². The third-order valence-electron chi connectivity index (χ3n) is 1.55. The van der Waals surface area contributed by atoms with E-state index in [1.54, 1.807) is 0 Å². The fraction of sp³-hybridized carbons (Fsp3) is 0.111. The van der Waals surface area contributed by atoms with E-state index in [9.17, 15) is 0 Å². The van der Waals surface area contributed by atoms with Gasteiger partial charge in [-0.15, -0.1) is 0 Å². The fourth-order valence-electron chi connectivity index (χ4n) is 1.06. The first-order valence-electron chi connectivity index (χ1n) is 3.35. The summed E-state index contributed by atoms with van der Waals surface area (Å²) in [6.07, 6.45) is 4.10. The molecule has 0 atom stereocenters. The molecule has 1 aliphatic rings. The van der Waals surface area contributed by atoms with Gasteiger partial charge in [-0.25, -0.2) is 0 Å². The van der Waals surface area contributed by atoms with Gasteiger partial charge >= 0.3 is 0 Å². The van der Waals surface area contributed by atoms with E-state index in [1.807, 2.05) is 30.3 Å². The minimum absolute atomic E-state index is 0. The average molecular weight is 407 g/mol. The molecule has 2 rings (SSSR count). The molecule has 0 N–H and O–H groups in total. The Bertz CT molecular complexity index is 278. The molecule has 0 amide bonds. The van der Waals surface area contributed by atoms with Gasteiger partial charge in [0, 0.05) is 43.4 Å². The monoisotopic (exact) mass is 407 g/mol. The van der Waals surface area contributed by atoms with Gasteiger partial charge in [-0.1, -0.05) is 24.3 Å². The summed E-state index contributed by atoms with van der Waals surface area (Å²) in [5.41, 5.74) is 1.17.